The largest absolute Gasteiger partial charge is 0.347 e. The molecule has 1 unspecified atom stereocenters. The van der Waals surface area contributed by atoms with Crippen molar-refractivity contribution in [2.75, 3.05) is 42.8 Å². The van der Waals surface area contributed by atoms with Crippen molar-refractivity contribution in [2.45, 2.75) is 26.8 Å². The van der Waals surface area contributed by atoms with E-state index >= 15 is 0 Å². The number of anilines is 3. The summed E-state index contributed by atoms with van der Waals surface area (Å²) in [4.78, 5) is 28.1. The Balaban J connectivity index is 2.91. The van der Waals surface area contributed by atoms with Gasteiger partial charge in [-0.15, -0.1) is 0 Å². The minimum atomic E-state index is -0.437. The van der Waals surface area contributed by atoms with Crippen LogP contribution in [0.2, 0.25) is 0 Å². The van der Waals surface area contributed by atoms with Crippen LogP contribution in [0.25, 0.3) is 0 Å². The molecule has 0 spiro atoms. The van der Waals surface area contributed by atoms with Gasteiger partial charge in [0.25, 0.3) is 0 Å². The quantitative estimate of drug-likeness (QED) is 0.472. The van der Waals surface area contributed by atoms with Crippen LogP contribution in [0.5, 0.6) is 0 Å². The first kappa shape index (κ1) is 16.9. The van der Waals surface area contributed by atoms with E-state index in [0.717, 1.165) is 0 Å². The number of nitrogens with zero attached hydrogens (tertiary/aromatic N) is 5. The zero-order valence-electron chi connectivity index (χ0n) is 13.2. The van der Waals surface area contributed by atoms with Gasteiger partial charge in [-0.25, -0.2) is 5.84 Å². The van der Waals surface area contributed by atoms with Crippen molar-refractivity contribution in [2.24, 2.45) is 5.84 Å². The molecule has 1 aromatic heterocycles. The van der Waals surface area contributed by atoms with Crippen molar-refractivity contribution < 1.29 is 4.79 Å². The summed E-state index contributed by atoms with van der Waals surface area (Å²) in [5, 5.41) is 2.99. The molecule has 9 heteroatoms. The van der Waals surface area contributed by atoms with E-state index < -0.39 is 6.04 Å². The third-order valence-electron chi connectivity index (χ3n) is 2.94. The zero-order valence-corrected chi connectivity index (χ0v) is 13.2. The maximum Gasteiger partial charge on any atom is 0.244 e. The molecule has 4 N–H and O–H groups in total. The number of nitrogens with two attached hydrogens (primary N) is 1. The van der Waals surface area contributed by atoms with Crippen LogP contribution >= 0.6 is 0 Å². The molecule has 118 valence electrons. The second-order valence-electron chi connectivity index (χ2n) is 4.70. The molecular formula is C12H24N8O. The Morgan fingerprint density at radius 1 is 1.19 bits per heavy atom. The molecule has 0 saturated heterocycles. The molecule has 1 heterocycles. The van der Waals surface area contributed by atoms with Crippen LogP contribution in [0.3, 0.4) is 0 Å². The predicted molar refractivity (Wildman–Crippen MR) is 83.0 cm³/mol. The van der Waals surface area contributed by atoms with Crippen molar-refractivity contribution in [3.05, 3.63) is 0 Å². The number of nitrogens with one attached hydrogen (secondary N) is 2. The SMILES string of the molecule is CCN(CC)C(=O)C(C)Nc1nc(NN)nc(N(C)C)n1. The van der Waals surface area contributed by atoms with Crippen LogP contribution in [-0.4, -0.2) is 59.0 Å². The fraction of sp³-hybridized carbons (Fsp3) is 0.667. The Hall–Kier alpha value is -2.16. The fourth-order valence-corrected chi connectivity index (χ4v) is 1.76. The van der Waals surface area contributed by atoms with Crippen LogP contribution in [0.1, 0.15) is 20.8 Å². The lowest BCUT2D eigenvalue weighted by Crippen LogP contribution is -2.41. The maximum atomic E-state index is 12.2. The van der Waals surface area contributed by atoms with Crippen LogP contribution in [-0.2, 0) is 4.79 Å². The summed E-state index contributed by atoms with van der Waals surface area (Å²) in [6.07, 6.45) is 0. The molecule has 0 fully saturated rings. The highest BCUT2D eigenvalue weighted by Crippen LogP contribution is 2.12. The number of hydrazine groups is 1. The van der Waals surface area contributed by atoms with Gasteiger partial charge in [0.05, 0.1) is 0 Å². The monoisotopic (exact) mass is 296 g/mol. The first-order valence-electron chi connectivity index (χ1n) is 6.88. The lowest BCUT2D eigenvalue weighted by atomic mass is 10.3. The Morgan fingerprint density at radius 3 is 2.24 bits per heavy atom. The molecular weight excluding hydrogens is 272 g/mol. The van der Waals surface area contributed by atoms with Gasteiger partial charge in [0.1, 0.15) is 6.04 Å². The van der Waals surface area contributed by atoms with Gasteiger partial charge in [-0.2, -0.15) is 15.0 Å². The third-order valence-corrected chi connectivity index (χ3v) is 2.94. The summed E-state index contributed by atoms with van der Waals surface area (Å²) in [7, 11) is 3.62. The number of carbonyl (C=O) groups is 1. The molecule has 0 radical (unpaired) electrons. The maximum absolute atomic E-state index is 12.2. The van der Waals surface area contributed by atoms with Crippen LogP contribution in [0.4, 0.5) is 17.8 Å². The summed E-state index contributed by atoms with van der Waals surface area (Å²) >= 11 is 0. The number of aromatic nitrogens is 3. The molecule has 21 heavy (non-hydrogen) atoms. The van der Waals surface area contributed by atoms with Gasteiger partial charge in [0, 0.05) is 27.2 Å². The van der Waals surface area contributed by atoms with E-state index in [9.17, 15) is 4.79 Å². The van der Waals surface area contributed by atoms with E-state index in [0.29, 0.717) is 25.0 Å². The number of nitrogen functional groups attached to an aromatic ring is 1. The van der Waals surface area contributed by atoms with Gasteiger partial charge in [0.15, 0.2) is 0 Å². The Labute approximate surface area is 124 Å². The average molecular weight is 296 g/mol. The minimum Gasteiger partial charge on any atom is -0.347 e. The van der Waals surface area contributed by atoms with Crippen molar-refractivity contribution in [3.8, 4) is 0 Å². The topological polar surface area (TPSA) is 112 Å². The summed E-state index contributed by atoms with van der Waals surface area (Å²) in [6.45, 7) is 6.98. The van der Waals surface area contributed by atoms with Crippen LogP contribution < -0.4 is 21.5 Å². The Morgan fingerprint density at radius 2 is 1.76 bits per heavy atom. The molecule has 0 aromatic carbocycles. The molecule has 0 aliphatic heterocycles. The molecule has 1 atom stereocenters. The number of rotatable bonds is 7. The van der Waals surface area contributed by atoms with E-state index in [1.165, 1.54) is 0 Å². The van der Waals surface area contributed by atoms with Crippen molar-refractivity contribution in [1.29, 1.82) is 0 Å². The third kappa shape index (κ3) is 4.42. The summed E-state index contributed by atoms with van der Waals surface area (Å²) in [5.41, 5.74) is 2.39. The molecule has 0 bridgehead atoms. The first-order chi connectivity index (χ1) is 9.92. The molecule has 1 aromatic rings. The van der Waals surface area contributed by atoms with E-state index in [1.54, 1.807) is 16.7 Å². The van der Waals surface area contributed by atoms with Crippen molar-refractivity contribution in [3.63, 3.8) is 0 Å². The number of carbonyl (C=O) groups excluding carboxylic acids is 1. The standard InChI is InChI=1S/C12H24N8O/c1-6-20(7-2)9(21)8(3)14-10-15-11(18-13)17-12(16-10)19(4)5/h8H,6-7,13H2,1-5H3,(H2,14,15,16,17,18). The predicted octanol–water partition coefficient (Wildman–Crippen LogP) is -0.108. The zero-order chi connectivity index (χ0) is 16.0. The van der Waals surface area contributed by atoms with Gasteiger partial charge >= 0.3 is 0 Å². The summed E-state index contributed by atoms with van der Waals surface area (Å²) in [5.74, 6) is 6.32. The smallest absolute Gasteiger partial charge is 0.244 e. The number of likely N-dealkylation sites (N-methyl/N-ethyl adjacent to an activating group) is 1. The van der Waals surface area contributed by atoms with Gasteiger partial charge in [-0.05, 0) is 20.8 Å². The lowest BCUT2D eigenvalue weighted by Gasteiger charge is -2.23. The van der Waals surface area contributed by atoms with Gasteiger partial charge < -0.3 is 15.1 Å². The van der Waals surface area contributed by atoms with E-state index in [4.69, 9.17) is 5.84 Å². The molecule has 0 saturated carbocycles. The normalized spacial score (nSPS) is 11.7. The summed E-state index contributed by atoms with van der Waals surface area (Å²) in [6, 6.07) is -0.437. The Kier molecular flexibility index (Phi) is 6.10. The fourth-order valence-electron chi connectivity index (χ4n) is 1.76. The van der Waals surface area contributed by atoms with Gasteiger partial charge in [-0.1, -0.05) is 0 Å². The molecule has 1 amide bonds. The second-order valence-corrected chi connectivity index (χ2v) is 4.70. The lowest BCUT2D eigenvalue weighted by molar-refractivity contribution is -0.131. The number of hydrogen-bond donors (Lipinski definition) is 3. The second kappa shape index (κ2) is 7.58. The van der Waals surface area contributed by atoms with Gasteiger partial charge in [-0.3, -0.25) is 10.2 Å². The number of hydrogen-bond acceptors (Lipinski definition) is 8. The van der Waals surface area contributed by atoms with E-state index in [1.807, 2.05) is 27.9 Å². The van der Waals surface area contributed by atoms with Gasteiger partial charge in [0.2, 0.25) is 23.8 Å². The summed E-state index contributed by atoms with van der Waals surface area (Å²) < 4.78 is 0. The average Bonchev–Trinajstić information content (AvgIpc) is 2.47. The van der Waals surface area contributed by atoms with E-state index in [2.05, 4.69) is 25.7 Å². The minimum absolute atomic E-state index is 0.00549. The van der Waals surface area contributed by atoms with Crippen LogP contribution in [0, 0.1) is 0 Å². The van der Waals surface area contributed by atoms with Crippen molar-refractivity contribution in [1.82, 2.24) is 19.9 Å². The molecule has 0 aliphatic rings. The Bertz CT molecular complexity index is 474. The highest BCUT2D eigenvalue weighted by Gasteiger charge is 2.19. The van der Waals surface area contributed by atoms with Crippen LogP contribution in [0.15, 0.2) is 0 Å². The highest BCUT2D eigenvalue weighted by molar-refractivity contribution is 5.83. The van der Waals surface area contributed by atoms with Crippen molar-refractivity contribution >= 4 is 23.8 Å². The first-order valence-corrected chi connectivity index (χ1v) is 6.88. The molecule has 0 aliphatic carbocycles. The van der Waals surface area contributed by atoms with E-state index in [-0.39, 0.29) is 11.9 Å². The number of amides is 1. The molecule has 1 rings (SSSR count). The molecule has 9 nitrogen and oxygen atoms in total. The highest BCUT2D eigenvalue weighted by atomic mass is 16.2.